The van der Waals surface area contributed by atoms with Gasteiger partial charge in [0.05, 0.1) is 42.5 Å². The summed E-state index contributed by atoms with van der Waals surface area (Å²) in [6.07, 6.45) is 2.04. The third-order valence-corrected chi connectivity index (χ3v) is 12.5. The molecule has 41 heavy (non-hydrogen) atoms. The van der Waals surface area contributed by atoms with E-state index >= 15 is 0 Å². The van der Waals surface area contributed by atoms with Crippen molar-refractivity contribution in [2.45, 2.75) is 6.10 Å². The summed E-state index contributed by atoms with van der Waals surface area (Å²) in [5.41, 5.74) is 2.21. The molecule has 8 heterocycles. The van der Waals surface area contributed by atoms with Gasteiger partial charge in [0.25, 0.3) is 0 Å². The summed E-state index contributed by atoms with van der Waals surface area (Å²) in [5.74, 6) is 5.76. The first-order chi connectivity index (χ1) is 20.3. The maximum absolute atomic E-state index is 6.32. The average Bonchev–Trinajstić information content (AvgIpc) is 3.81. The van der Waals surface area contributed by atoms with Crippen molar-refractivity contribution in [3.8, 4) is 42.5 Å². The molecule has 0 spiro atoms. The van der Waals surface area contributed by atoms with Gasteiger partial charge in [0.2, 0.25) is 0 Å². The summed E-state index contributed by atoms with van der Waals surface area (Å²) in [4.78, 5) is 6.46. The van der Waals surface area contributed by atoms with Crippen LogP contribution in [0.25, 0.3) is 29.3 Å². The molecule has 0 radical (unpaired) electrons. The molecular formula is C28H26O8S5. The Hall–Kier alpha value is -2.00. The first-order valence-corrected chi connectivity index (χ1v) is 18.1. The lowest BCUT2D eigenvalue weighted by Crippen LogP contribution is -2.26. The molecule has 8 nitrogen and oxygen atoms in total. The molecule has 13 heteroatoms. The Morgan fingerprint density at radius 2 is 1.44 bits per heavy atom. The number of ether oxygens (including phenoxy) is 8. The molecule has 0 aliphatic carbocycles. The largest absolute Gasteiger partial charge is 0.492 e. The summed E-state index contributed by atoms with van der Waals surface area (Å²) in [7, 11) is 0. The second-order valence-corrected chi connectivity index (χ2v) is 14.1. The molecule has 216 valence electrons. The Kier molecular flexibility index (Phi) is 7.30. The van der Waals surface area contributed by atoms with Crippen LogP contribution in [0.5, 0.6) is 23.0 Å². The van der Waals surface area contributed by atoms with E-state index in [-0.39, 0.29) is 6.10 Å². The van der Waals surface area contributed by atoms with Gasteiger partial charge in [0.15, 0.2) is 23.0 Å². The minimum Gasteiger partial charge on any atom is -0.492 e. The van der Waals surface area contributed by atoms with E-state index in [2.05, 4.69) is 6.26 Å². The van der Waals surface area contributed by atoms with Crippen molar-refractivity contribution in [1.29, 1.82) is 0 Å². The van der Waals surface area contributed by atoms with Crippen LogP contribution >= 0.6 is 57.5 Å². The van der Waals surface area contributed by atoms with E-state index in [0.717, 1.165) is 80.7 Å². The molecule has 3 aromatic rings. The summed E-state index contributed by atoms with van der Waals surface area (Å²) in [6.45, 7) is 4.82. The van der Waals surface area contributed by atoms with Crippen LogP contribution in [0.4, 0.5) is 0 Å². The zero-order chi connectivity index (χ0) is 27.3. The second kappa shape index (κ2) is 11.3. The predicted octanol–water partition coefficient (Wildman–Crippen LogP) is 6.66. The van der Waals surface area contributed by atoms with Crippen LogP contribution in [0.3, 0.4) is 0 Å². The van der Waals surface area contributed by atoms with Crippen LogP contribution in [0.15, 0.2) is 22.3 Å². The number of thioether (sulfide) groups is 2. The first kappa shape index (κ1) is 26.6. The summed E-state index contributed by atoms with van der Waals surface area (Å²) in [6, 6.07) is 0. The quantitative estimate of drug-likeness (QED) is 0.300. The van der Waals surface area contributed by atoms with Gasteiger partial charge in [0.1, 0.15) is 63.9 Å². The van der Waals surface area contributed by atoms with Crippen molar-refractivity contribution in [3.63, 3.8) is 0 Å². The first-order valence-electron chi connectivity index (χ1n) is 13.3. The molecule has 2 fully saturated rings. The van der Waals surface area contributed by atoms with Crippen LogP contribution < -0.4 is 18.9 Å². The molecule has 0 saturated carbocycles. The molecule has 5 aliphatic heterocycles. The lowest BCUT2D eigenvalue weighted by molar-refractivity contribution is -0.0282. The number of fused-ring (bicyclic) bond motifs is 3. The van der Waals surface area contributed by atoms with Crippen LogP contribution in [0.2, 0.25) is 0 Å². The van der Waals surface area contributed by atoms with Gasteiger partial charge in [-0.05, 0) is 6.26 Å². The van der Waals surface area contributed by atoms with E-state index in [1.54, 1.807) is 57.5 Å². The van der Waals surface area contributed by atoms with Gasteiger partial charge in [-0.1, -0.05) is 0 Å². The maximum atomic E-state index is 6.32. The molecule has 1 atom stereocenters. The Morgan fingerprint density at radius 1 is 0.756 bits per heavy atom. The normalized spacial score (nSPS) is 22.7. The Bertz CT molecular complexity index is 1470. The second-order valence-electron chi connectivity index (χ2n) is 9.49. The highest BCUT2D eigenvalue weighted by Crippen LogP contribution is 2.61. The van der Waals surface area contributed by atoms with Gasteiger partial charge in [-0.2, -0.15) is 0 Å². The standard InChI is InChI=1S/C28H26O8S5/c1-37-23(14-10-29-2-3-30-14)18-19(24-20-15(11-38-24)31-4-7-34-20)26(28-22-17(13-40-28)33-6-9-36-22)41-25(18)27-21-16(12-39-27)32-5-8-35-21/h12-13,15H,2-11H2,1H3/b23-14+. The van der Waals surface area contributed by atoms with Gasteiger partial charge >= 0.3 is 0 Å². The van der Waals surface area contributed by atoms with Crippen molar-refractivity contribution < 1.29 is 37.9 Å². The van der Waals surface area contributed by atoms with E-state index in [0.29, 0.717) is 59.5 Å². The van der Waals surface area contributed by atoms with Gasteiger partial charge in [-0.15, -0.1) is 57.5 Å². The summed E-state index contributed by atoms with van der Waals surface area (Å²) in [5, 5.41) is 4.09. The van der Waals surface area contributed by atoms with Crippen molar-refractivity contribution >= 4 is 67.3 Å². The predicted molar refractivity (Wildman–Crippen MR) is 165 cm³/mol. The molecule has 0 amide bonds. The highest BCUT2D eigenvalue weighted by atomic mass is 32.2. The van der Waals surface area contributed by atoms with Crippen LogP contribution in [-0.2, 0) is 18.9 Å². The van der Waals surface area contributed by atoms with E-state index in [1.165, 1.54) is 0 Å². The average molecular weight is 651 g/mol. The smallest absolute Gasteiger partial charge is 0.180 e. The monoisotopic (exact) mass is 650 g/mol. The minimum atomic E-state index is -0.0597. The van der Waals surface area contributed by atoms with Gasteiger partial charge in [-0.3, -0.25) is 0 Å². The zero-order valence-corrected chi connectivity index (χ0v) is 26.2. The summed E-state index contributed by atoms with van der Waals surface area (Å²) >= 11 is 8.51. The molecule has 1 unspecified atom stereocenters. The Balaban J connectivity index is 1.44. The van der Waals surface area contributed by atoms with Crippen molar-refractivity contribution in [2.75, 3.05) is 71.5 Å². The molecule has 0 aromatic carbocycles. The number of thiophene rings is 3. The number of hydrogen-bond donors (Lipinski definition) is 0. The molecule has 5 aliphatic rings. The van der Waals surface area contributed by atoms with Crippen molar-refractivity contribution in [3.05, 3.63) is 33.4 Å². The van der Waals surface area contributed by atoms with Crippen molar-refractivity contribution in [1.82, 2.24) is 0 Å². The molecule has 0 bridgehead atoms. The lowest BCUT2D eigenvalue weighted by atomic mass is 10.0. The highest BCUT2D eigenvalue weighted by molar-refractivity contribution is 8.09. The fourth-order valence-electron chi connectivity index (χ4n) is 5.41. The van der Waals surface area contributed by atoms with E-state index in [1.807, 2.05) is 10.8 Å². The minimum absolute atomic E-state index is 0.0597. The zero-order valence-electron chi connectivity index (χ0n) is 22.1. The fraction of sp³-hybridized carbons (Fsp3) is 0.429. The van der Waals surface area contributed by atoms with Crippen LogP contribution in [0, 0.1) is 0 Å². The van der Waals surface area contributed by atoms with Gasteiger partial charge < -0.3 is 37.9 Å². The molecule has 8 rings (SSSR count). The third kappa shape index (κ3) is 4.55. The maximum Gasteiger partial charge on any atom is 0.180 e. The third-order valence-electron chi connectivity index (χ3n) is 7.13. The van der Waals surface area contributed by atoms with Gasteiger partial charge in [0, 0.05) is 27.6 Å². The molecule has 2 saturated heterocycles. The SMILES string of the molecule is CS/C(=C1\COCCO1)c1c(-c2scc3c2OCCO3)sc(-c2scc3c2OCCO3)c1C1=C2OCCOC2CS1. The highest BCUT2D eigenvalue weighted by Gasteiger charge is 2.39. The molecular weight excluding hydrogens is 625 g/mol. The van der Waals surface area contributed by atoms with E-state index in [9.17, 15) is 0 Å². The van der Waals surface area contributed by atoms with Crippen LogP contribution in [-0.4, -0.2) is 77.6 Å². The van der Waals surface area contributed by atoms with Gasteiger partial charge in [-0.25, -0.2) is 0 Å². The van der Waals surface area contributed by atoms with Crippen molar-refractivity contribution in [2.24, 2.45) is 0 Å². The van der Waals surface area contributed by atoms with E-state index in [4.69, 9.17) is 37.9 Å². The Labute approximate surface area is 257 Å². The number of hydrogen-bond acceptors (Lipinski definition) is 13. The fourth-order valence-corrected chi connectivity index (χ4v) is 11.0. The molecule has 3 aromatic heterocycles. The Morgan fingerprint density at radius 3 is 2.15 bits per heavy atom. The topological polar surface area (TPSA) is 73.8 Å². The summed E-state index contributed by atoms with van der Waals surface area (Å²) < 4.78 is 49.0. The number of rotatable bonds is 5. The lowest BCUT2D eigenvalue weighted by Gasteiger charge is -2.24. The molecule has 0 N–H and O–H groups in total. The van der Waals surface area contributed by atoms with E-state index < -0.39 is 0 Å². The van der Waals surface area contributed by atoms with Crippen LogP contribution in [0.1, 0.15) is 11.1 Å².